The van der Waals surface area contributed by atoms with Gasteiger partial charge in [0.15, 0.2) is 5.13 Å². The molecule has 3 rings (SSSR count). The minimum atomic E-state index is -0.0964. The lowest BCUT2D eigenvalue weighted by molar-refractivity contribution is 0.102. The van der Waals surface area contributed by atoms with E-state index in [9.17, 15) is 4.79 Å². The molecule has 0 unspecified atom stereocenters. The molecule has 1 aromatic carbocycles. The molecule has 0 saturated heterocycles. The van der Waals surface area contributed by atoms with Gasteiger partial charge in [0.1, 0.15) is 0 Å². The number of likely N-dealkylation sites (N-methyl/N-ethyl adjacent to an activating group) is 1. The van der Waals surface area contributed by atoms with Crippen LogP contribution < -0.4 is 5.32 Å². The molecule has 0 bridgehead atoms. The highest BCUT2D eigenvalue weighted by Gasteiger charge is 2.19. The summed E-state index contributed by atoms with van der Waals surface area (Å²) in [6.45, 7) is 1.95. The van der Waals surface area contributed by atoms with Crippen LogP contribution in [0.25, 0.3) is 0 Å². The number of carbonyl (C=O) groups excluding carboxylic acids is 1. The number of thiazole rings is 1. The van der Waals surface area contributed by atoms with E-state index < -0.39 is 0 Å². The van der Waals surface area contributed by atoms with E-state index in [1.807, 2.05) is 24.3 Å². The number of nitrogens with zero attached hydrogens (tertiary/aromatic N) is 2. The summed E-state index contributed by atoms with van der Waals surface area (Å²) in [5.74, 6) is -0.0964. The average Bonchev–Trinajstić information content (AvgIpc) is 2.80. The minimum absolute atomic E-state index is 0.0964. The van der Waals surface area contributed by atoms with Crippen LogP contribution in [0, 0.1) is 3.57 Å². The Bertz CT molecular complexity index is 638. The first-order chi connectivity index (χ1) is 9.61. The highest BCUT2D eigenvalue weighted by molar-refractivity contribution is 14.1. The van der Waals surface area contributed by atoms with Gasteiger partial charge in [0, 0.05) is 33.5 Å². The van der Waals surface area contributed by atoms with Crippen molar-refractivity contribution in [3.8, 4) is 0 Å². The summed E-state index contributed by atoms with van der Waals surface area (Å²) >= 11 is 3.80. The third kappa shape index (κ3) is 3.02. The van der Waals surface area contributed by atoms with Gasteiger partial charge in [0.05, 0.1) is 5.69 Å². The maximum Gasteiger partial charge on any atom is 0.257 e. The SMILES string of the molecule is CN1CCc2nc(NC(=O)c3ccc(I)cc3)sc2C1. The molecular weight excluding hydrogens is 385 g/mol. The topological polar surface area (TPSA) is 45.2 Å². The summed E-state index contributed by atoms with van der Waals surface area (Å²) < 4.78 is 1.12. The molecule has 0 radical (unpaired) electrons. The summed E-state index contributed by atoms with van der Waals surface area (Å²) in [5, 5.41) is 3.60. The number of rotatable bonds is 2. The Morgan fingerprint density at radius 2 is 2.15 bits per heavy atom. The third-order valence-corrected chi connectivity index (χ3v) is 4.97. The van der Waals surface area contributed by atoms with Gasteiger partial charge in [0.2, 0.25) is 0 Å². The molecule has 2 aromatic rings. The highest BCUT2D eigenvalue weighted by atomic mass is 127. The molecule has 1 amide bonds. The lowest BCUT2D eigenvalue weighted by Crippen LogP contribution is -2.25. The number of aromatic nitrogens is 1. The van der Waals surface area contributed by atoms with Gasteiger partial charge in [-0.15, -0.1) is 11.3 Å². The number of benzene rings is 1. The highest BCUT2D eigenvalue weighted by Crippen LogP contribution is 2.28. The van der Waals surface area contributed by atoms with Crippen LogP contribution in [0.3, 0.4) is 0 Å². The fraction of sp³-hybridized carbons (Fsp3) is 0.286. The Morgan fingerprint density at radius 1 is 1.40 bits per heavy atom. The lowest BCUT2D eigenvalue weighted by atomic mass is 10.2. The smallest absolute Gasteiger partial charge is 0.257 e. The van der Waals surface area contributed by atoms with Gasteiger partial charge in [-0.1, -0.05) is 0 Å². The lowest BCUT2D eigenvalue weighted by Gasteiger charge is -2.20. The van der Waals surface area contributed by atoms with Gasteiger partial charge in [-0.05, 0) is 53.9 Å². The number of fused-ring (bicyclic) bond motifs is 1. The molecule has 1 N–H and O–H groups in total. The number of anilines is 1. The van der Waals surface area contributed by atoms with Crippen LogP contribution in [0.4, 0.5) is 5.13 Å². The number of halogens is 1. The monoisotopic (exact) mass is 399 g/mol. The third-order valence-electron chi connectivity index (χ3n) is 3.25. The molecule has 0 spiro atoms. The molecule has 20 heavy (non-hydrogen) atoms. The summed E-state index contributed by atoms with van der Waals surface area (Å²) in [6.07, 6.45) is 0.960. The van der Waals surface area contributed by atoms with Crippen molar-refractivity contribution in [2.75, 3.05) is 18.9 Å². The van der Waals surface area contributed by atoms with Crippen LogP contribution in [0.1, 0.15) is 20.9 Å². The standard InChI is InChI=1S/C14H14IN3OS/c1-18-7-6-11-12(8-18)20-14(16-11)17-13(19)9-2-4-10(15)5-3-9/h2-5H,6-8H2,1H3,(H,16,17,19). The number of hydrogen-bond donors (Lipinski definition) is 1. The van der Waals surface area contributed by atoms with E-state index in [1.165, 1.54) is 4.88 Å². The quantitative estimate of drug-likeness (QED) is 0.790. The van der Waals surface area contributed by atoms with Crippen molar-refractivity contribution >= 4 is 45.0 Å². The molecule has 104 valence electrons. The molecule has 2 heterocycles. The predicted molar refractivity (Wildman–Crippen MR) is 89.3 cm³/mol. The summed E-state index contributed by atoms with van der Waals surface area (Å²) in [4.78, 5) is 20.2. The zero-order valence-corrected chi connectivity index (χ0v) is 14.0. The molecule has 0 fully saturated rings. The summed E-state index contributed by atoms with van der Waals surface area (Å²) in [6, 6.07) is 7.52. The van der Waals surface area contributed by atoms with Crippen molar-refractivity contribution < 1.29 is 4.79 Å². The van der Waals surface area contributed by atoms with Gasteiger partial charge in [0.25, 0.3) is 5.91 Å². The molecule has 1 aromatic heterocycles. The van der Waals surface area contributed by atoms with Crippen LogP contribution in [0.5, 0.6) is 0 Å². The molecule has 4 nitrogen and oxygen atoms in total. The van der Waals surface area contributed by atoms with E-state index >= 15 is 0 Å². The molecule has 0 saturated carbocycles. The van der Waals surface area contributed by atoms with E-state index in [1.54, 1.807) is 11.3 Å². The van der Waals surface area contributed by atoms with E-state index in [4.69, 9.17) is 0 Å². The first-order valence-corrected chi connectivity index (χ1v) is 8.25. The maximum atomic E-state index is 12.1. The number of amides is 1. The first kappa shape index (κ1) is 14.0. The average molecular weight is 399 g/mol. The first-order valence-electron chi connectivity index (χ1n) is 6.36. The maximum absolute atomic E-state index is 12.1. The van der Waals surface area contributed by atoms with Crippen molar-refractivity contribution in [2.45, 2.75) is 13.0 Å². The Morgan fingerprint density at radius 3 is 2.90 bits per heavy atom. The van der Waals surface area contributed by atoms with Gasteiger partial charge < -0.3 is 4.90 Å². The molecular formula is C14H14IN3OS. The Balaban J connectivity index is 1.75. The zero-order valence-electron chi connectivity index (χ0n) is 11.0. The Hall–Kier alpha value is -0.990. The van der Waals surface area contributed by atoms with Crippen LogP contribution in [0.2, 0.25) is 0 Å². The normalized spacial score (nSPS) is 14.9. The summed E-state index contributed by atoms with van der Waals surface area (Å²) in [5.41, 5.74) is 1.79. The van der Waals surface area contributed by atoms with E-state index in [-0.39, 0.29) is 5.91 Å². The zero-order chi connectivity index (χ0) is 14.1. The number of hydrogen-bond acceptors (Lipinski definition) is 4. The van der Waals surface area contributed by atoms with Crippen molar-refractivity contribution in [1.29, 1.82) is 0 Å². The van der Waals surface area contributed by atoms with E-state index in [0.717, 1.165) is 28.8 Å². The molecule has 6 heteroatoms. The second-order valence-corrected chi connectivity index (χ2v) is 7.17. The second kappa shape index (κ2) is 5.79. The van der Waals surface area contributed by atoms with Crippen molar-refractivity contribution in [2.24, 2.45) is 0 Å². The van der Waals surface area contributed by atoms with Crippen molar-refractivity contribution in [1.82, 2.24) is 9.88 Å². The molecule has 1 aliphatic rings. The van der Waals surface area contributed by atoms with Gasteiger partial charge >= 0.3 is 0 Å². The Kier molecular flexibility index (Phi) is 4.04. The summed E-state index contributed by atoms with van der Waals surface area (Å²) in [7, 11) is 2.10. The van der Waals surface area contributed by atoms with Crippen LogP contribution in [-0.4, -0.2) is 29.4 Å². The van der Waals surface area contributed by atoms with E-state index in [0.29, 0.717) is 10.7 Å². The second-order valence-electron chi connectivity index (χ2n) is 4.84. The van der Waals surface area contributed by atoms with Crippen molar-refractivity contribution in [3.63, 3.8) is 0 Å². The minimum Gasteiger partial charge on any atom is -0.301 e. The predicted octanol–water partition coefficient (Wildman–Crippen LogP) is 2.99. The number of carbonyl (C=O) groups is 1. The van der Waals surface area contributed by atoms with Gasteiger partial charge in [-0.2, -0.15) is 0 Å². The fourth-order valence-electron chi connectivity index (χ4n) is 2.15. The van der Waals surface area contributed by atoms with Crippen molar-refractivity contribution in [3.05, 3.63) is 44.0 Å². The Labute approximate surface area is 135 Å². The van der Waals surface area contributed by atoms with Crippen LogP contribution >= 0.6 is 33.9 Å². The van der Waals surface area contributed by atoms with Crippen LogP contribution in [-0.2, 0) is 13.0 Å². The molecule has 0 aliphatic carbocycles. The largest absolute Gasteiger partial charge is 0.301 e. The van der Waals surface area contributed by atoms with Gasteiger partial charge in [-0.25, -0.2) is 4.98 Å². The molecule has 0 atom stereocenters. The molecule has 1 aliphatic heterocycles. The van der Waals surface area contributed by atoms with E-state index in [2.05, 4.69) is 44.8 Å². The van der Waals surface area contributed by atoms with Crippen LogP contribution in [0.15, 0.2) is 24.3 Å². The fourth-order valence-corrected chi connectivity index (χ4v) is 3.59. The van der Waals surface area contributed by atoms with Gasteiger partial charge in [-0.3, -0.25) is 10.1 Å². The number of nitrogens with one attached hydrogen (secondary N) is 1.